The van der Waals surface area contributed by atoms with E-state index in [1.807, 2.05) is 11.8 Å². The smallest absolute Gasteiger partial charge is 0.417 e. The topological polar surface area (TPSA) is 54.9 Å². The summed E-state index contributed by atoms with van der Waals surface area (Å²) in [6, 6.07) is 0.884. The molecule has 2 atom stereocenters. The number of rotatable bonds is 0. The van der Waals surface area contributed by atoms with Crippen LogP contribution in [0.5, 0.6) is 0 Å². The van der Waals surface area contributed by atoms with E-state index in [1.165, 1.54) is 0 Å². The van der Waals surface area contributed by atoms with Crippen LogP contribution in [0.25, 0.3) is 0 Å². The lowest BCUT2D eigenvalue weighted by atomic mass is 10.1. The van der Waals surface area contributed by atoms with Crippen molar-refractivity contribution in [3.8, 4) is 0 Å². The van der Waals surface area contributed by atoms with Crippen LogP contribution >= 0.6 is 0 Å². The molecule has 0 aromatic carbocycles. The molecule has 2 aliphatic heterocycles. The number of piperazine rings is 1. The van der Waals surface area contributed by atoms with E-state index in [9.17, 15) is 18.0 Å². The largest absolute Gasteiger partial charge is 0.444 e. The van der Waals surface area contributed by atoms with Crippen molar-refractivity contribution >= 4 is 11.9 Å². The van der Waals surface area contributed by atoms with Crippen LogP contribution in [0, 0.1) is 0 Å². The Morgan fingerprint density at radius 2 is 2.00 bits per heavy atom. The molecule has 1 saturated heterocycles. The van der Waals surface area contributed by atoms with Crippen LogP contribution in [0.2, 0.25) is 0 Å². The Hall–Kier alpha value is -2.03. The summed E-state index contributed by atoms with van der Waals surface area (Å²) in [6.07, 6.45) is -4.28. The minimum absolute atomic E-state index is 0.0485. The zero-order valence-electron chi connectivity index (χ0n) is 15.8. The zero-order valence-corrected chi connectivity index (χ0v) is 15.8. The van der Waals surface area contributed by atoms with Gasteiger partial charge in [0, 0.05) is 31.4 Å². The first-order chi connectivity index (χ1) is 12.5. The number of hydrogen-bond donors (Lipinski definition) is 0. The predicted molar refractivity (Wildman–Crippen MR) is 92.4 cm³/mol. The van der Waals surface area contributed by atoms with Gasteiger partial charge in [-0.15, -0.1) is 0 Å². The van der Waals surface area contributed by atoms with Gasteiger partial charge >= 0.3 is 12.3 Å². The molecule has 0 saturated carbocycles. The maximum atomic E-state index is 13.0. The molecule has 1 aromatic rings. The van der Waals surface area contributed by atoms with Crippen molar-refractivity contribution in [3.05, 3.63) is 23.4 Å². The zero-order chi connectivity index (χ0) is 20.0. The second-order valence-electron chi connectivity index (χ2n) is 7.91. The number of ether oxygens (including phenoxy) is 2. The normalized spacial score (nSPS) is 23.4. The molecule has 9 heteroatoms. The average Bonchev–Trinajstić information content (AvgIpc) is 2.69. The van der Waals surface area contributed by atoms with Crippen LogP contribution in [-0.4, -0.2) is 53.4 Å². The number of amides is 1. The van der Waals surface area contributed by atoms with Crippen LogP contribution in [0.4, 0.5) is 23.8 Å². The van der Waals surface area contributed by atoms with E-state index < -0.39 is 23.4 Å². The molecule has 1 unspecified atom stereocenters. The first kappa shape index (κ1) is 19.7. The van der Waals surface area contributed by atoms with Crippen LogP contribution in [0.1, 0.15) is 38.8 Å². The van der Waals surface area contributed by atoms with E-state index in [4.69, 9.17) is 9.47 Å². The van der Waals surface area contributed by atoms with Gasteiger partial charge in [-0.1, -0.05) is 0 Å². The Morgan fingerprint density at radius 3 is 2.63 bits per heavy atom. The van der Waals surface area contributed by atoms with Crippen molar-refractivity contribution in [3.63, 3.8) is 0 Å². The molecule has 3 rings (SSSR count). The molecular formula is C18H24F3N3O3. The van der Waals surface area contributed by atoms with Gasteiger partial charge in [-0.2, -0.15) is 13.2 Å². The number of anilines is 1. The minimum atomic E-state index is -4.45. The lowest BCUT2D eigenvalue weighted by Crippen LogP contribution is -2.59. The quantitative estimate of drug-likeness (QED) is 0.683. The highest BCUT2D eigenvalue weighted by atomic mass is 19.4. The van der Waals surface area contributed by atoms with Gasteiger partial charge in [0.2, 0.25) is 0 Å². The molecule has 6 nitrogen and oxygen atoms in total. The number of hydrogen-bond acceptors (Lipinski definition) is 5. The van der Waals surface area contributed by atoms with Crippen LogP contribution in [0.15, 0.2) is 12.3 Å². The summed E-state index contributed by atoms with van der Waals surface area (Å²) >= 11 is 0. The van der Waals surface area contributed by atoms with Crippen molar-refractivity contribution in [2.75, 3.05) is 24.5 Å². The summed E-state index contributed by atoms with van der Waals surface area (Å²) < 4.78 is 50.2. The number of halogens is 3. The van der Waals surface area contributed by atoms with Crippen molar-refractivity contribution in [1.29, 1.82) is 0 Å². The number of fused-ring (bicyclic) bond motifs is 3. The van der Waals surface area contributed by atoms with Crippen LogP contribution in [0.3, 0.4) is 0 Å². The van der Waals surface area contributed by atoms with E-state index in [0.29, 0.717) is 31.0 Å². The molecule has 3 heterocycles. The van der Waals surface area contributed by atoms with Crippen LogP contribution in [-0.2, 0) is 22.3 Å². The SMILES string of the molecule is CC1OCc2cc(C(F)(F)F)cnc2N2CCN(C(=O)OC(C)(C)C)C[C@H]12. The summed E-state index contributed by atoms with van der Waals surface area (Å²) in [5.74, 6) is 0.487. The molecule has 0 spiro atoms. The van der Waals surface area contributed by atoms with Crippen molar-refractivity contribution < 1.29 is 27.4 Å². The third-order valence-corrected chi connectivity index (χ3v) is 4.66. The first-order valence-electron chi connectivity index (χ1n) is 8.88. The van der Waals surface area contributed by atoms with E-state index in [2.05, 4.69) is 4.98 Å². The van der Waals surface area contributed by atoms with Gasteiger partial charge in [0.15, 0.2) is 0 Å². The standard InChI is InChI=1S/C18H24F3N3O3/c1-11-14-9-23(16(25)27-17(2,3)4)5-6-24(14)15-12(10-26-11)7-13(8-22-15)18(19,20)21/h7-8,11,14H,5-6,9-10H2,1-4H3/t11?,14-/m1/s1. The Kier molecular flexibility index (Phi) is 5.00. The molecule has 0 aliphatic carbocycles. The van der Waals surface area contributed by atoms with Crippen LogP contribution < -0.4 is 4.90 Å². The molecule has 1 amide bonds. The van der Waals surface area contributed by atoms with Crippen molar-refractivity contribution in [1.82, 2.24) is 9.88 Å². The van der Waals surface area contributed by atoms with Gasteiger partial charge in [0.25, 0.3) is 0 Å². The fraction of sp³-hybridized carbons (Fsp3) is 0.667. The second-order valence-corrected chi connectivity index (χ2v) is 7.91. The first-order valence-corrected chi connectivity index (χ1v) is 8.88. The van der Waals surface area contributed by atoms with Crippen molar-refractivity contribution in [2.45, 2.75) is 58.2 Å². The molecule has 0 N–H and O–H groups in total. The van der Waals surface area contributed by atoms with Crippen molar-refractivity contribution in [2.24, 2.45) is 0 Å². The average molecular weight is 387 g/mol. The summed E-state index contributed by atoms with van der Waals surface area (Å²) in [6.45, 7) is 8.52. The molecule has 1 fully saturated rings. The Bertz CT molecular complexity index is 718. The van der Waals surface area contributed by atoms with Gasteiger partial charge in [-0.05, 0) is 33.8 Å². The summed E-state index contributed by atoms with van der Waals surface area (Å²) in [5, 5.41) is 0. The summed E-state index contributed by atoms with van der Waals surface area (Å²) in [4.78, 5) is 20.0. The third-order valence-electron chi connectivity index (χ3n) is 4.66. The van der Waals surface area contributed by atoms with Gasteiger partial charge in [-0.3, -0.25) is 0 Å². The Morgan fingerprint density at radius 1 is 1.30 bits per heavy atom. The summed E-state index contributed by atoms with van der Waals surface area (Å²) in [7, 11) is 0. The number of alkyl halides is 3. The third kappa shape index (κ3) is 4.28. The second kappa shape index (κ2) is 6.85. The highest BCUT2D eigenvalue weighted by molar-refractivity contribution is 5.69. The van der Waals surface area contributed by atoms with Gasteiger partial charge in [-0.25, -0.2) is 9.78 Å². The molecule has 1 aromatic heterocycles. The molecule has 0 bridgehead atoms. The Labute approximate surface area is 156 Å². The molecule has 0 radical (unpaired) electrons. The highest BCUT2D eigenvalue weighted by Crippen LogP contribution is 2.35. The Balaban J connectivity index is 1.84. The number of pyridine rings is 1. The molecule has 27 heavy (non-hydrogen) atoms. The number of carbonyl (C=O) groups is 1. The lowest BCUT2D eigenvalue weighted by Gasteiger charge is -2.43. The van der Waals surface area contributed by atoms with Gasteiger partial charge < -0.3 is 19.3 Å². The fourth-order valence-electron chi connectivity index (χ4n) is 3.32. The predicted octanol–water partition coefficient (Wildman–Crippen LogP) is 3.44. The summed E-state index contributed by atoms with van der Waals surface area (Å²) in [5.41, 5.74) is -0.977. The maximum absolute atomic E-state index is 13.0. The van der Waals surface area contributed by atoms with E-state index in [0.717, 1.165) is 12.3 Å². The highest BCUT2D eigenvalue weighted by Gasteiger charge is 2.39. The molecular weight excluding hydrogens is 363 g/mol. The monoisotopic (exact) mass is 387 g/mol. The van der Waals surface area contributed by atoms with E-state index in [1.54, 1.807) is 25.7 Å². The number of aromatic nitrogens is 1. The number of nitrogens with zero attached hydrogens (tertiary/aromatic N) is 3. The lowest BCUT2D eigenvalue weighted by molar-refractivity contribution is -0.137. The molecule has 2 aliphatic rings. The number of carbonyl (C=O) groups excluding carboxylic acids is 1. The van der Waals surface area contributed by atoms with E-state index >= 15 is 0 Å². The fourth-order valence-corrected chi connectivity index (χ4v) is 3.32. The van der Waals surface area contributed by atoms with E-state index in [-0.39, 0.29) is 18.8 Å². The minimum Gasteiger partial charge on any atom is -0.444 e. The van der Waals surface area contributed by atoms with Gasteiger partial charge in [0.05, 0.1) is 24.3 Å². The van der Waals surface area contributed by atoms with Gasteiger partial charge in [0.1, 0.15) is 11.4 Å². The maximum Gasteiger partial charge on any atom is 0.417 e. The molecule has 150 valence electrons.